The van der Waals surface area contributed by atoms with Gasteiger partial charge in [0.15, 0.2) is 0 Å². The molecule has 2 N–H and O–H groups in total. The standard InChI is InChI=1S/C27H31N3O4/c31-24-15-29(12-11-27(24)13-20-3-1-2-4-21(20)14-28-27)25(32)18-5-7-19(8-6-18)26(33)30-22-9-10-23(30)17-34-16-22/h1-8,22-24,28,31H,9-17H2. The third-order valence-corrected chi connectivity index (χ3v) is 8.26. The van der Waals surface area contributed by atoms with E-state index >= 15 is 0 Å². The Bertz CT molecular complexity index is 1090. The van der Waals surface area contributed by atoms with E-state index in [2.05, 4.69) is 17.4 Å². The maximum Gasteiger partial charge on any atom is 0.254 e. The third kappa shape index (κ3) is 3.63. The number of carbonyl (C=O) groups is 2. The molecule has 1 spiro atoms. The molecule has 3 fully saturated rings. The monoisotopic (exact) mass is 461 g/mol. The van der Waals surface area contributed by atoms with E-state index in [0.717, 1.165) is 25.8 Å². The molecule has 4 aliphatic rings. The molecule has 3 saturated heterocycles. The number of aliphatic hydroxyl groups is 1. The van der Waals surface area contributed by atoms with E-state index in [1.54, 1.807) is 29.2 Å². The van der Waals surface area contributed by atoms with Crippen molar-refractivity contribution < 1.29 is 19.4 Å². The highest BCUT2D eigenvalue weighted by molar-refractivity contribution is 5.98. The van der Waals surface area contributed by atoms with E-state index in [1.165, 1.54) is 11.1 Å². The molecule has 34 heavy (non-hydrogen) atoms. The number of amides is 2. The maximum atomic E-state index is 13.2. The van der Waals surface area contributed by atoms with Crippen LogP contribution in [0.25, 0.3) is 0 Å². The zero-order valence-corrected chi connectivity index (χ0v) is 19.3. The second-order valence-electron chi connectivity index (χ2n) is 10.2. The average Bonchev–Trinajstić information content (AvgIpc) is 3.12. The molecule has 2 bridgehead atoms. The lowest BCUT2D eigenvalue weighted by Gasteiger charge is -2.48. The first-order valence-electron chi connectivity index (χ1n) is 12.3. The number of rotatable bonds is 2. The Hall–Kier alpha value is -2.74. The number of ether oxygens (including phenoxy) is 1. The SMILES string of the molecule is O=C(c1ccc(C(=O)N2C3CCC2COC3)cc1)N1CCC2(Cc3ccccc3CN2)C(O)C1. The van der Waals surface area contributed by atoms with Crippen LogP contribution in [0, 0.1) is 0 Å². The quantitative estimate of drug-likeness (QED) is 0.715. The number of hydrogen-bond donors (Lipinski definition) is 2. The van der Waals surface area contributed by atoms with Crippen LogP contribution in [0.1, 0.15) is 51.1 Å². The lowest BCUT2D eigenvalue weighted by Crippen LogP contribution is -2.65. The number of benzene rings is 2. The Morgan fingerprint density at radius 2 is 1.59 bits per heavy atom. The summed E-state index contributed by atoms with van der Waals surface area (Å²) in [5.41, 5.74) is 3.32. The Morgan fingerprint density at radius 1 is 0.941 bits per heavy atom. The highest BCUT2D eigenvalue weighted by Crippen LogP contribution is 2.33. The van der Waals surface area contributed by atoms with Crippen LogP contribution in [0.5, 0.6) is 0 Å². The molecule has 4 atom stereocenters. The molecule has 2 aromatic rings. The van der Waals surface area contributed by atoms with Crippen LogP contribution in [0.4, 0.5) is 0 Å². The first-order chi connectivity index (χ1) is 16.5. The number of β-amino-alcohol motifs (C(OH)–C–C–N with tert-alkyl or cyclic N) is 1. The summed E-state index contributed by atoms with van der Waals surface area (Å²) in [7, 11) is 0. The number of nitrogens with zero attached hydrogens (tertiary/aromatic N) is 2. The second-order valence-corrected chi connectivity index (χ2v) is 10.2. The number of likely N-dealkylation sites (tertiary alicyclic amines) is 1. The maximum absolute atomic E-state index is 13.2. The normalized spacial score (nSPS) is 30.3. The molecule has 178 valence electrons. The number of morpholine rings is 1. The molecule has 4 aliphatic heterocycles. The van der Waals surface area contributed by atoms with Gasteiger partial charge in [-0.1, -0.05) is 24.3 Å². The van der Waals surface area contributed by atoms with Crippen molar-refractivity contribution in [2.45, 2.75) is 56.0 Å². The van der Waals surface area contributed by atoms with Crippen molar-refractivity contribution in [1.29, 1.82) is 0 Å². The van der Waals surface area contributed by atoms with E-state index in [1.807, 2.05) is 17.0 Å². The minimum atomic E-state index is -0.642. The minimum absolute atomic E-state index is 0.0220. The predicted octanol–water partition coefficient (Wildman–Crippen LogP) is 1.98. The molecule has 2 amide bonds. The van der Waals surface area contributed by atoms with E-state index in [9.17, 15) is 14.7 Å². The molecule has 4 heterocycles. The van der Waals surface area contributed by atoms with Gasteiger partial charge in [0, 0.05) is 30.8 Å². The minimum Gasteiger partial charge on any atom is -0.389 e. The zero-order chi connectivity index (χ0) is 23.3. The van der Waals surface area contributed by atoms with Crippen LogP contribution < -0.4 is 5.32 Å². The molecule has 0 radical (unpaired) electrons. The van der Waals surface area contributed by atoms with Crippen LogP contribution in [0.15, 0.2) is 48.5 Å². The van der Waals surface area contributed by atoms with Crippen molar-refractivity contribution in [2.24, 2.45) is 0 Å². The van der Waals surface area contributed by atoms with Gasteiger partial charge in [-0.3, -0.25) is 9.59 Å². The summed E-state index contributed by atoms with van der Waals surface area (Å²) in [6.07, 6.45) is 2.81. The molecule has 7 nitrogen and oxygen atoms in total. The Kier molecular flexibility index (Phi) is 5.43. The van der Waals surface area contributed by atoms with Crippen molar-refractivity contribution in [3.8, 4) is 0 Å². The molecular weight excluding hydrogens is 430 g/mol. The Morgan fingerprint density at radius 3 is 2.26 bits per heavy atom. The van der Waals surface area contributed by atoms with Crippen molar-refractivity contribution in [3.63, 3.8) is 0 Å². The molecule has 0 aliphatic carbocycles. The lowest BCUT2D eigenvalue weighted by molar-refractivity contribution is -0.0138. The van der Waals surface area contributed by atoms with Crippen LogP contribution in [0.2, 0.25) is 0 Å². The second kappa shape index (κ2) is 8.48. The number of hydrogen-bond acceptors (Lipinski definition) is 5. The first-order valence-corrected chi connectivity index (χ1v) is 12.3. The van der Waals surface area contributed by atoms with Crippen molar-refractivity contribution in [1.82, 2.24) is 15.1 Å². The molecule has 7 heteroatoms. The topological polar surface area (TPSA) is 82.1 Å². The number of nitrogens with one attached hydrogen (secondary N) is 1. The summed E-state index contributed by atoms with van der Waals surface area (Å²) in [6, 6.07) is 15.7. The summed E-state index contributed by atoms with van der Waals surface area (Å²) in [4.78, 5) is 30.0. The highest BCUT2D eigenvalue weighted by atomic mass is 16.5. The van der Waals surface area contributed by atoms with Gasteiger partial charge in [-0.25, -0.2) is 0 Å². The molecular formula is C27H31N3O4. The molecule has 0 aromatic heterocycles. The molecule has 4 unspecified atom stereocenters. The lowest BCUT2D eigenvalue weighted by atomic mass is 9.76. The van der Waals surface area contributed by atoms with Gasteiger partial charge in [0.1, 0.15) is 0 Å². The van der Waals surface area contributed by atoms with Crippen molar-refractivity contribution >= 4 is 11.8 Å². The predicted molar refractivity (Wildman–Crippen MR) is 126 cm³/mol. The van der Waals surface area contributed by atoms with Gasteiger partial charge in [0.05, 0.1) is 36.9 Å². The van der Waals surface area contributed by atoms with E-state index in [-0.39, 0.29) is 29.4 Å². The number of carbonyl (C=O) groups excluding carboxylic acids is 2. The van der Waals surface area contributed by atoms with Gasteiger partial charge in [-0.05, 0) is 61.1 Å². The fourth-order valence-electron chi connectivity index (χ4n) is 6.20. The fraction of sp³-hybridized carbons (Fsp3) is 0.481. The number of aliphatic hydroxyl groups excluding tert-OH is 1. The van der Waals surface area contributed by atoms with Crippen LogP contribution >= 0.6 is 0 Å². The van der Waals surface area contributed by atoms with Gasteiger partial charge in [0.2, 0.25) is 0 Å². The zero-order valence-electron chi connectivity index (χ0n) is 19.3. The Labute approximate surface area is 199 Å². The van der Waals surface area contributed by atoms with Crippen LogP contribution in [0.3, 0.4) is 0 Å². The summed E-state index contributed by atoms with van der Waals surface area (Å²) >= 11 is 0. The summed E-state index contributed by atoms with van der Waals surface area (Å²) in [5, 5.41) is 14.6. The van der Waals surface area contributed by atoms with E-state index in [4.69, 9.17) is 4.74 Å². The van der Waals surface area contributed by atoms with E-state index < -0.39 is 6.10 Å². The molecule has 2 aromatic carbocycles. The Balaban J connectivity index is 1.12. The largest absolute Gasteiger partial charge is 0.389 e. The van der Waals surface area contributed by atoms with Gasteiger partial charge in [0.25, 0.3) is 11.8 Å². The highest BCUT2D eigenvalue weighted by Gasteiger charge is 2.45. The van der Waals surface area contributed by atoms with E-state index in [0.29, 0.717) is 43.9 Å². The number of fused-ring (bicyclic) bond motifs is 3. The fourth-order valence-corrected chi connectivity index (χ4v) is 6.20. The first kappa shape index (κ1) is 21.8. The van der Waals surface area contributed by atoms with Crippen molar-refractivity contribution in [2.75, 3.05) is 26.3 Å². The smallest absolute Gasteiger partial charge is 0.254 e. The van der Waals surface area contributed by atoms with Gasteiger partial charge in [-0.15, -0.1) is 0 Å². The third-order valence-electron chi connectivity index (χ3n) is 8.26. The number of piperidine rings is 1. The van der Waals surface area contributed by atoms with Gasteiger partial charge in [-0.2, -0.15) is 0 Å². The van der Waals surface area contributed by atoms with Gasteiger partial charge >= 0.3 is 0 Å². The summed E-state index contributed by atoms with van der Waals surface area (Å²) in [5.74, 6) is -0.0793. The van der Waals surface area contributed by atoms with Crippen molar-refractivity contribution in [3.05, 3.63) is 70.8 Å². The summed E-state index contributed by atoms with van der Waals surface area (Å²) in [6.45, 7) is 2.84. The summed E-state index contributed by atoms with van der Waals surface area (Å²) < 4.78 is 5.59. The molecule has 0 saturated carbocycles. The van der Waals surface area contributed by atoms with Crippen LogP contribution in [-0.2, 0) is 17.7 Å². The molecule has 6 rings (SSSR count). The van der Waals surface area contributed by atoms with Crippen LogP contribution in [-0.4, -0.2) is 76.8 Å². The van der Waals surface area contributed by atoms with Gasteiger partial charge < -0.3 is 25.0 Å². The average molecular weight is 462 g/mol.